The van der Waals surface area contributed by atoms with Crippen molar-refractivity contribution in [1.29, 1.82) is 0 Å². The number of halogens is 1. The quantitative estimate of drug-likeness (QED) is 0.909. The van der Waals surface area contributed by atoms with Crippen LogP contribution in [0, 0.1) is 5.82 Å². The summed E-state index contributed by atoms with van der Waals surface area (Å²) in [5.74, 6) is 0.761. The summed E-state index contributed by atoms with van der Waals surface area (Å²) < 4.78 is 12.9. The van der Waals surface area contributed by atoms with Gasteiger partial charge in [0.05, 0.1) is 11.9 Å². The molecule has 20 heavy (non-hydrogen) atoms. The average Bonchev–Trinajstić information content (AvgIpc) is 2.49. The number of nitrogens with zero attached hydrogens (tertiary/aromatic N) is 3. The van der Waals surface area contributed by atoms with Crippen LogP contribution in [0.1, 0.15) is 0 Å². The number of benzene rings is 1. The highest BCUT2D eigenvalue weighted by Gasteiger charge is 2.18. The summed E-state index contributed by atoms with van der Waals surface area (Å²) in [5, 5.41) is 0. The number of anilines is 3. The molecule has 0 spiro atoms. The van der Waals surface area contributed by atoms with Gasteiger partial charge in [0.1, 0.15) is 11.6 Å². The van der Waals surface area contributed by atoms with Crippen molar-refractivity contribution in [3.05, 3.63) is 48.4 Å². The minimum Gasteiger partial charge on any atom is -0.397 e. The molecule has 2 heterocycles. The van der Waals surface area contributed by atoms with Crippen molar-refractivity contribution in [2.75, 3.05) is 41.7 Å². The molecule has 2 aromatic rings. The number of hydrogen-bond donors (Lipinski definition) is 1. The van der Waals surface area contributed by atoms with E-state index in [0.29, 0.717) is 5.69 Å². The zero-order valence-corrected chi connectivity index (χ0v) is 11.2. The Balaban J connectivity index is 1.64. The van der Waals surface area contributed by atoms with Crippen molar-refractivity contribution >= 4 is 17.2 Å². The van der Waals surface area contributed by atoms with Gasteiger partial charge in [-0.2, -0.15) is 0 Å². The molecule has 0 unspecified atom stereocenters. The van der Waals surface area contributed by atoms with Crippen LogP contribution in [0.15, 0.2) is 42.6 Å². The van der Waals surface area contributed by atoms with Crippen molar-refractivity contribution < 1.29 is 4.39 Å². The zero-order valence-electron chi connectivity index (χ0n) is 11.2. The van der Waals surface area contributed by atoms with E-state index >= 15 is 0 Å². The molecule has 0 aliphatic carbocycles. The second-order valence-corrected chi connectivity index (χ2v) is 4.90. The standard InChI is InChI=1S/C15H17FN4/c16-12-1-4-14(5-2-12)19-7-9-20(10-8-19)15-6-3-13(17)11-18-15/h1-6,11H,7-10,17H2. The van der Waals surface area contributed by atoms with Crippen LogP contribution in [0.5, 0.6) is 0 Å². The smallest absolute Gasteiger partial charge is 0.128 e. The van der Waals surface area contributed by atoms with Gasteiger partial charge in [0.25, 0.3) is 0 Å². The molecule has 4 nitrogen and oxygen atoms in total. The minimum atomic E-state index is -0.196. The molecular formula is C15H17FN4. The highest BCUT2D eigenvalue weighted by molar-refractivity contribution is 5.50. The lowest BCUT2D eigenvalue weighted by Crippen LogP contribution is -2.46. The van der Waals surface area contributed by atoms with Gasteiger partial charge in [0.15, 0.2) is 0 Å². The SMILES string of the molecule is Nc1ccc(N2CCN(c3ccc(F)cc3)CC2)nc1. The largest absolute Gasteiger partial charge is 0.397 e. The van der Waals surface area contributed by atoms with Crippen LogP contribution < -0.4 is 15.5 Å². The van der Waals surface area contributed by atoms with Crippen molar-refractivity contribution in [3.63, 3.8) is 0 Å². The molecule has 1 aliphatic rings. The molecule has 1 saturated heterocycles. The van der Waals surface area contributed by atoms with Gasteiger partial charge in [-0.3, -0.25) is 0 Å². The lowest BCUT2D eigenvalue weighted by atomic mass is 10.2. The molecule has 3 rings (SSSR count). The Morgan fingerprint density at radius 1 is 0.900 bits per heavy atom. The zero-order chi connectivity index (χ0) is 13.9. The first-order valence-electron chi connectivity index (χ1n) is 6.69. The lowest BCUT2D eigenvalue weighted by molar-refractivity contribution is 0.624. The summed E-state index contributed by atoms with van der Waals surface area (Å²) in [5.41, 5.74) is 7.39. The van der Waals surface area contributed by atoms with Gasteiger partial charge in [-0.05, 0) is 36.4 Å². The van der Waals surface area contributed by atoms with E-state index in [1.807, 2.05) is 24.3 Å². The normalized spacial score (nSPS) is 15.4. The minimum absolute atomic E-state index is 0.196. The fourth-order valence-corrected chi connectivity index (χ4v) is 2.43. The average molecular weight is 272 g/mol. The highest BCUT2D eigenvalue weighted by atomic mass is 19.1. The number of pyridine rings is 1. The fourth-order valence-electron chi connectivity index (χ4n) is 2.43. The number of rotatable bonds is 2. The monoisotopic (exact) mass is 272 g/mol. The van der Waals surface area contributed by atoms with Gasteiger partial charge in [-0.25, -0.2) is 9.37 Å². The summed E-state index contributed by atoms with van der Waals surface area (Å²) in [6.07, 6.45) is 1.68. The van der Waals surface area contributed by atoms with Gasteiger partial charge in [0, 0.05) is 31.9 Å². The molecule has 1 aliphatic heterocycles. The van der Waals surface area contributed by atoms with Crippen molar-refractivity contribution in [2.24, 2.45) is 0 Å². The van der Waals surface area contributed by atoms with E-state index in [4.69, 9.17) is 5.73 Å². The number of nitrogens with two attached hydrogens (primary N) is 1. The first-order valence-corrected chi connectivity index (χ1v) is 6.69. The van der Waals surface area contributed by atoms with Crippen LogP contribution in [0.3, 0.4) is 0 Å². The van der Waals surface area contributed by atoms with E-state index in [2.05, 4.69) is 14.8 Å². The summed E-state index contributed by atoms with van der Waals surface area (Å²) in [4.78, 5) is 8.84. The molecule has 1 aromatic carbocycles. The number of hydrogen-bond acceptors (Lipinski definition) is 4. The Morgan fingerprint density at radius 3 is 2.15 bits per heavy atom. The van der Waals surface area contributed by atoms with Crippen LogP contribution in [-0.2, 0) is 0 Å². The lowest BCUT2D eigenvalue weighted by Gasteiger charge is -2.36. The van der Waals surface area contributed by atoms with Crippen LogP contribution in [0.25, 0.3) is 0 Å². The number of piperazine rings is 1. The molecule has 0 bridgehead atoms. The molecule has 1 aromatic heterocycles. The van der Waals surface area contributed by atoms with Crippen LogP contribution in [0.4, 0.5) is 21.6 Å². The van der Waals surface area contributed by atoms with E-state index in [0.717, 1.165) is 37.7 Å². The third-order valence-corrected chi connectivity index (χ3v) is 3.57. The maximum Gasteiger partial charge on any atom is 0.128 e. The van der Waals surface area contributed by atoms with Gasteiger partial charge >= 0.3 is 0 Å². The van der Waals surface area contributed by atoms with Crippen molar-refractivity contribution in [2.45, 2.75) is 0 Å². The van der Waals surface area contributed by atoms with E-state index in [-0.39, 0.29) is 5.82 Å². The van der Waals surface area contributed by atoms with Crippen LogP contribution in [0.2, 0.25) is 0 Å². The summed E-state index contributed by atoms with van der Waals surface area (Å²) >= 11 is 0. The topological polar surface area (TPSA) is 45.4 Å². The summed E-state index contributed by atoms with van der Waals surface area (Å²) in [6.45, 7) is 3.60. The second kappa shape index (κ2) is 5.36. The predicted molar refractivity (Wildman–Crippen MR) is 79.5 cm³/mol. The third-order valence-electron chi connectivity index (χ3n) is 3.57. The Morgan fingerprint density at radius 2 is 1.55 bits per heavy atom. The van der Waals surface area contributed by atoms with Crippen molar-refractivity contribution in [1.82, 2.24) is 4.98 Å². The van der Waals surface area contributed by atoms with Crippen LogP contribution >= 0.6 is 0 Å². The summed E-state index contributed by atoms with van der Waals surface area (Å²) in [6, 6.07) is 10.5. The van der Waals surface area contributed by atoms with Gasteiger partial charge in [-0.15, -0.1) is 0 Å². The first-order chi connectivity index (χ1) is 9.72. The van der Waals surface area contributed by atoms with Gasteiger partial charge < -0.3 is 15.5 Å². The Hall–Kier alpha value is -2.30. The van der Waals surface area contributed by atoms with E-state index in [9.17, 15) is 4.39 Å². The van der Waals surface area contributed by atoms with Crippen LogP contribution in [-0.4, -0.2) is 31.2 Å². The van der Waals surface area contributed by atoms with Crippen molar-refractivity contribution in [3.8, 4) is 0 Å². The second-order valence-electron chi connectivity index (χ2n) is 4.90. The summed E-state index contributed by atoms with van der Waals surface area (Å²) in [7, 11) is 0. The highest BCUT2D eigenvalue weighted by Crippen LogP contribution is 2.19. The van der Waals surface area contributed by atoms with E-state index < -0.39 is 0 Å². The Labute approximate surface area is 117 Å². The maximum absolute atomic E-state index is 12.9. The number of nitrogen functional groups attached to an aromatic ring is 1. The predicted octanol–water partition coefficient (Wildman–Crippen LogP) is 2.13. The molecule has 0 amide bonds. The number of aromatic nitrogens is 1. The molecule has 0 atom stereocenters. The third kappa shape index (κ3) is 2.66. The molecule has 1 fully saturated rings. The first kappa shape index (κ1) is 12.7. The molecular weight excluding hydrogens is 255 g/mol. The Bertz CT molecular complexity index is 506. The van der Waals surface area contributed by atoms with E-state index in [1.54, 1.807) is 6.20 Å². The molecule has 5 heteroatoms. The van der Waals surface area contributed by atoms with Gasteiger partial charge in [0.2, 0.25) is 0 Å². The maximum atomic E-state index is 12.9. The molecule has 0 radical (unpaired) electrons. The molecule has 104 valence electrons. The molecule has 2 N–H and O–H groups in total. The fraction of sp³-hybridized carbons (Fsp3) is 0.267. The van der Waals surface area contributed by atoms with Gasteiger partial charge in [-0.1, -0.05) is 0 Å². The molecule has 0 saturated carbocycles. The van der Waals surface area contributed by atoms with E-state index in [1.165, 1.54) is 12.1 Å². The Kier molecular flexibility index (Phi) is 3.41.